The van der Waals surface area contributed by atoms with Crippen LogP contribution in [0.2, 0.25) is 0 Å². The third-order valence-corrected chi connectivity index (χ3v) is 3.83. The second kappa shape index (κ2) is 5.35. The Morgan fingerprint density at radius 2 is 2.20 bits per heavy atom. The van der Waals surface area contributed by atoms with Crippen LogP contribution in [0.4, 0.5) is 10.1 Å². The quantitative estimate of drug-likeness (QED) is 0.652. The lowest BCUT2D eigenvalue weighted by atomic mass is 9.77. The van der Waals surface area contributed by atoms with E-state index in [9.17, 15) is 19.3 Å². The summed E-state index contributed by atoms with van der Waals surface area (Å²) in [6.45, 7) is 0. The van der Waals surface area contributed by atoms with Crippen LogP contribution in [-0.2, 0) is 4.79 Å². The molecule has 0 amide bonds. The van der Waals surface area contributed by atoms with E-state index in [1.54, 1.807) is 0 Å². The number of carboxylic acid groups (broad SMARTS) is 1. The Kier molecular flexibility index (Phi) is 3.94. The molecule has 1 aliphatic carbocycles. The van der Waals surface area contributed by atoms with E-state index >= 15 is 0 Å². The molecule has 8 heteroatoms. The number of carboxylic acids is 1. The van der Waals surface area contributed by atoms with Crippen molar-refractivity contribution < 1.29 is 24.0 Å². The highest BCUT2D eigenvalue weighted by atomic mass is 79.9. The van der Waals surface area contributed by atoms with Crippen LogP contribution in [0.5, 0.6) is 5.75 Å². The molecule has 0 bridgehead atoms. The maximum atomic E-state index is 13.2. The second-order valence-corrected chi connectivity index (χ2v) is 5.56. The van der Waals surface area contributed by atoms with Gasteiger partial charge in [-0.1, -0.05) is 0 Å². The zero-order valence-electron chi connectivity index (χ0n) is 10.3. The molecular formula is C12H11BrFNO5. The van der Waals surface area contributed by atoms with Crippen molar-refractivity contribution in [1.29, 1.82) is 0 Å². The van der Waals surface area contributed by atoms with Crippen LogP contribution in [0.3, 0.4) is 0 Å². The van der Waals surface area contributed by atoms with Crippen molar-refractivity contribution in [2.45, 2.75) is 31.3 Å². The van der Waals surface area contributed by atoms with E-state index in [0.29, 0.717) is 12.8 Å². The van der Waals surface area contributed by atoms with E-state index in [2.05, 4.69) is 15.9 Å². The van der Waals surface area contributed by atoms with Crippen molar-refractivity contribution in [3.63, 3.8) is 0 Å². The molecule has 0 aromatic heterocycles. The number of nitrogens with zero attached hydrogens (tertiary/aromatic N) is 1. The van der Waals surface area contributed by atoms with Crippen LogP contribution < -0.4 is 4.74 Å². The SMILES string of the molecule is O=C(O)CC1(Oc2c(Br)cc(F)cc2[N+](=O)[O-])CCC1. The molecule has 0 unspecified atom stereocenters. The first kappa shape index (κ1) is 14.7. The van der Waals surface area contributed by atoms with Gasteiger partial charge in [-0.05, 0) is 41.3 Å². The molecule has 6 nitrogen and oxygen atoms in total. The number of benzene rings is 1. The summed E-state index contributed by atoms with van der Waals surface area (Å²) in [5.74, 6) is -1.93. The number of halogens is 2. The Hall–Kier alpha value is -1.70. The molecule has 1 N–H and O–H groups in total. The van der Waals surface area contributed by atoms with Crippen LogP contribution in [0.1, 0.15) is 25.7 Å². The molecule has 1 aromatic carbocycles. The van der Waals surface area contributed by atoms with Gasteiger partial charge in [0, 0.05) is 0 Å². The van der Waals surface area contributed by atoms with E-state index < -0.39 is 28.0 Å². The van der Waals surface area contributed by atoms with Crippen LogP contribution in [-0.4, -0.2) is 21.6 Å². The molecule has 0 heterocycles. The minimum atomic E-state index is -1.04. The summed E-state index contributed by atoms with van der Waals surface area (Å²) in [5, 5.41) is 19.9. The minimum Gasteiger partial charge on any atom is -0.481 e. The minimum absolute atomic E-state index is 0.0980. The average Bonchev–Trinajstić information content (AvgIpc) is 2.28. The zero-order chi connectivity index (χ0) is 14.9. The largest absolute Gasteiger partial charge is 0.481 e. The van der Waals surface area contributed by atoms with Gasteiger partial charge in [-0.2, -0.15) is 0 Å². The number of hydrogen-bond acceptors (Lipinski definition) is 4. The lowest BCUT2D eigenvalue weighted by molar-refractivity contribution is -0.386. The van der Waals surface area contributed by atoms with Gasteiger partial charge in [-0.3, -0.25) is 14.9 Å². The summed E-state index contributed by atoms with van der Waals surface area (Å²) < 4.78 is 18.9. The van der Waals surface area contributed by atoms with E-state index in [1.165, 1.54) is 0 Å². The van der Waals surface area contributed by atoms with Crippen molar-refractivity contribution >= 4 is 27.6 Å². The van der Waals surface area contributed by atoms with Gasteiger partial charge in [0.15, 0.2) is 0 Å². The normalized spacial score (nSPS) is 16.3. The fraction of sp³-hybridized carbons (Fsp3) is 0.417. The van der Waals surface area contributed by atoms with Gasteiger partial charge in [0.2, 0.25) is 5.75 Å². The van der Waals surface area contributed by atoms with E-state index in [4.69, 9.17) is 9.84 Å². The van der Waals surface area contributed by atoms with Crippen molar-refractivity contribution in [3.8, 4) is 5.75 Å². The second-order valence-electron chi connectivity index (χ2n) is 4.70. The first-order valence-corrected chi connectivity index (χ1v) is 6.66. The van der Waals surface area contributed by atoms with Crippen molar-refractivity contribution in [2.24, 2.45) is 0 Å². The predicted molar refractivity (Wildman–Crippen MR) is 70.2 cm³/mol. The molecule has 20 heavy (non-hydrogen) atoms. The first-order chi connectivity index (χ1) is 9.33. The number of hydrogen-bond donors (Lipinski definition) is 1. The number of nitro groups is 1. The van der Waals surface area contributed by atoms with Crippen LogP contribution >= 0.6 is 15.9 Å². The van der Waals surface area contributed by atoms with E-state index in [-0.39, 0.29) is 16.6 Å². The highest BCUT2D eigenvalue weighted by Crippen LogP contribution is 2.45. The number of rotatable bonds is 5. The Bertz CT molecular complexity index is 573. The highest BCUT2D eigenvalue weighted by Gasteiger charge is 2.43. The Morgan fingerprint density at radius 3 is 2.65 bits per heavy atom. The van der Waals surface area contributed by atoms with E-state index in [1.807, 2.05) is 0 Å². The molecule has 0 saturated heterocycles. The average molecular weight is 348 g/mol. The summed E-state index contributed by atoms with van der Waals surface area (Å²) >= 11 is 3.02. The summed E-state index contributed by atoms with van der Waals surface area (Å²) in [5.41, 5.74) is -1.47. The molecular weight excluding hydrogens is 337 g/mol. The Morgan fingerprint density at radius 1 is 1.55 bits per heavy atom. The molecule has 2 rings (SSSR count). The van der Waals surface area contributed by atoms with Crippen molar-refractivity contribution in [2.75, 3.05) is 0 Å². The monoisotopic (exact) mass is 347 g/mol. The maximum Gasteiger partial charge on any atom is 0.315 e. The smallest absolute Gasteiger partial charge is 0.315 e. The third-order valence-electron chi connectivity index (χ3n) is 3.24. The van der Waals surface area contributed by atoms with Gasteiger partial charge in [0.25, 0.3) is 0 Å². The molecule has 1 aliphatic rings. The van der Waals surface area contributed by atoms with E-state index in [0.717, 1.165) is 18.6 Å². The third kappa shape index (κ3) is 2.90. The summed E-state index contributed by atoms with van der Waals surface area (Å²) in [7, 11) is 0. The summed E-state index contributed by atoms with van der Waals surface area (Å²) in [6.07, 6.45) is 1.55. The molecule has 0 spiro atoms. The fourth-order valence-electron chi connectivity index (χ4n) is 2.16. The van der Waals surface area contributed by atoms with Crippen LogP contribution in [0, 0.1) is 15.9 Å². The molecule has 108 valence electrons. The molecule has 1 aromatic rings. The lowest BCUT2D eigenvalue weighted by Gasteiger charge is -2.40. The van der Waals surface area contributed by atoms with Gasteiger partial charge in [0.1, 0.15) is 11.4 Å². The van der Waals surface area contributed by atoms with Gasteiger partial charge in [-0.25, -0.2) is 4.39 Å². The Labute approximate surface area is 121 Å². The van der Waals surface area contributed by atoms with Crippen LogP contribution in [0.25, 0.3) is 0 Å². The molecule has 1 saturated carbocycles. The highest BCUT2D eigenvalue weighted by molar-refractivity contribution is 9.10. The molecule has 0 atom stereocenters. The lowest BCUT2D eigenvalue weighted by Crippen LogP contribution is -2.45. The van der Waals surface area contributed by atoms with Gasteiger partial charge in [0.05, 0.1) is 21.9 Å². The number of carbonyl (C=O) groups is 1. The maximum absolute atomic E-state index is 13.2. The topological polar surface area (TPSA) is 89.7 Å². The number of nitro benzene ring substituents is 1. The van der Waals surface area contributed by atoms with Gasteiger partial charge >= 0.3 is 11.7 Å². The van der Waals surface area contributed by atoms with Crippen molar-refractivity contribution in [3.05, 3.63) is 32.5 Å². The van der Waals surface area contributed by atoms with Crippen LogP contribution in [0.15, 0.2) is 16.6 Å². The summed E-state index contributed by atoms with van der Waals surface area (Å²) in [6, 6.07) is 1.81. The zero-order valence-corrected chi connectivity index (χ0v) is 11.9. The Balaban J connectivity index is 2.37. The first-order valence-electron chi connectivity index (χ1n) is 5.87. The standard InChI is InChI=1S/C12H11BrFNO5/c13-8-4-7(14)5-9(15(18)19)11(8)20-12(2-1-3-12)6-10(16)17/h4-5H,1-3,6H2,(H,16,17). The van der Waals surface area contributed by atoms with Gasteiger partial charge < -0.3 is 9.84 Å². The molecule has 0 aliphatic heterocycles. The predicted octanol–water partition coefficient (Wildman–Crippen LogP) is 3.27. The summed E-state index contributed by atoms with van der Waals surface area (Å²) in [4.78, 5) is 21.1. The molecule has 0 radical (unpaired) electrons. The number of aliphatic carboxylic acids is 1. The fourth-order valence-corrected chi connectivity index (χ4v) is 2.66. The molecule has 1 fully saturated rings. The van der Waals surface area contributed by atoms with Gasteiger partial charge in [-0.15, -0.1) is 0 Å². The number of ether oxygens (including phenoxy) is 1. The van der Waals surface area contributed by atoms with Crippen molar-refractivity contribution in [1.82, 2.24) is 0 Å².